The number of nitrogens with zero attached hydrogens (tertiary/aromatic N) is 2. The van der Waals surface area contributed by atoms with E-state index in [0.29, 0.717) is 6.54 Å². The van der Waals surface area contributed by atoms with Crippen LogP contribution in [0.15, 0.2) is 41.4 Å². The van der Waals surface area contributed by atoms with E-state index in [0.717, 1.165) is 17.8 Å². The van der Waals surface area contributed by atoms with Gasteiger partial charge >= 0.3 is 6.03 Å². The van der Waals surface area contributed by atoms with Crippen molar-refractivity contribution >= 4 is 23.5 Å². The Balaban J connectivity index is 1.77. The smallest absolute Gasteiger partial charge is 0.319 e. The van der Waals surface area contributed by atoms with Crippen molar-refractivity contribution in [2.75, 3.05) is 11.9 Å². The molecular formula is C17H24N4OS. The van der Waals surface area contributed by atoms with Crippen LogP contribution in [0.3, 0.4) is 0 Å². The summed E-state index contributed by atoms with van der Waals surface area (Å²) in [5.74, 6) is 0. The molecule has 0 aliphatic carbocycles. The first-order chi connectivity index (χ1) is 10.8. The van der Waals surface area contributed by atoms with E-state index in [-0.39, 0.29) is 10.8 Å². The molecule has 0 atom stereocenters. The Morgan fingerprint density at radius 3 is 2.48 bits per heavy atom. The fourth-order valence-electron chi connectivity index (χ4n) is 2.09. The largest absolute Gasteiger partial charge is 0.337 e. The summed E-state index contributed by atoms with van der Waals surface area (Å²) in [5, 5.41) is 9.80. The SMILES string of the molecule is Cn1nccc1CCNC(=O)Nc1ccc(SC(C)(C)C)cc1. The number of urea groups is 1. The minimum absolute atomic E-state index is 0.179. The Morgan fingerprint density at radius 2 is 1.91 bits per heavy atom. The highest BCUT2D eigenvalue weighted by atomic mass is 32.2. The summed E-state index contributed by atoms with van der Waals surface area (Å²) in [6, 6.07) is 9.67. The molecule has 0 unspecified atom stereocenters. The van der Waals surface area contributed by atoms with Crippen molar-refractivity contribution in [1.29, 1.82) is 0 Å². The fraction of sp³-hybridized carbons (Fsp3) is 0.412. The van der Waals surface area contributed by atoms with Crippen LogP contribution in [0, 0.1) is 0 Å². The first-order valence-corrected chi connectivity index (χ1v) is 8.46. The van der Waals surface area contributed by atoms with Gasteiger partial charge in [-0.3, -0.25) is 4.68 Å². The summed E-state index contributed by atoms with van der Waals surface area (Å²) >= 11 is 1.81. The minimum atomic E-state index is -0.191. The molecule has 1 aromatic heterocycles. The van der Waals surface area contributed by atoms with Gasteiger partial charge in [0.15, 0.2) is 0 Å². The summed E-state index contributed by atoms with van der Waals surface area (Å²) in [5.41, 5.74) is 1.88. The number of benzene rings is 1. The molecule has 6 heteroatoms. The van der Waals surface area contributed by atoms with E-state index in [4.69, 9.17) is 0 Å². The maximum absolute atomic E-state index is 11.9. The lowest BCUT2D eigenvalue weighted by Crippen LogP contribution is -2.30. The Labute approximate surface area is 141 Å². The van der Waals surface area contributed by atoms with E-state index < -0.39 is 0 Å². The Morgan fingerprint density at radius 1 is 1.22 bits per heavy atom. The lowest BCUT2D eigenvalue weighted by molar-refractivity contribution is 0.252. The zero-order valence-corrected chi connectivity index (χ0v) is 14.9. The number of aromatic nitrogens is 2. The Hall–Kier alpha value is -1.95. The topological polar surface area (TPSA) is 59.0 Å². The average molecular weight is 332 g/mol. The molecule has 2 amide bonds. The Kier molecular flexibility index (Phi) is 5.71. The molecule has 0 aliphatic heterocycles. The van der Waals surface area contributed by atoms with Crippen molar-refractivity contribution in [2.45, 2.75) is 36.8 Å². The molecule has 2 rings (SSSR count). The second-order valence-electron chi connectivity index (χ2n) is 6.32. The number of hydrogen-bond donors (Lipinski definition) is 2. The van der Waals surface area contributed by atoms with Crippen molar-refractivity contribution < 1.29 is 4.79 Å². The van der Waals surface area contributed by atoms with E-state index in [9.17, 15) is 4.79 Å². The van der Waals surface area contributed by atoms with E-state index in [1.165, 1.54) is 4.90 Å². The molecule has 0 aliphatic rings. The molecular weight excluding hydrogens is 308 g/mol. The maximum Gasteiger partial charge on any atom is 0.319 e. The van der Waals surface area contributed by atoms with E-state index in [2.05, 4.69) is 36.5 Å². The summed E-state index contributed by atoms with van der Waals surface area (Å²) in [6.45, 7) is 7.11. The molecule has 23 heavy (non-hydrogen) atoms. The van der Waals surface area contributed by atoms with Gasteiger partial charge in [0.05, 0.1) is 0 Å². The molecule has 0 saturated carbocycles. The van der Waals surface area contributed by atoms with Crippen LogP contribution in [0.5, 0.6) is 0 Å². The molecule has 5 nitrogen and oxygen atoms in total. The molecule has 0 fully saturated rings. The van der Waals surface area contributed by atoms with Crippen LogP contribution in [0.4, 0.5) is 10.5 Å². The number of carbonyl (C=O) groups is 1. The zero-order valence-electron chi connectivity index (χ0n) is 14.1. The summed E-state index contributed by atoms with van der Waals surface area (Å²) < 4.78 is 1.99. The standard InChI is InChI=1S/C17H24N4OS/c1-17(2,3)23-15-7-5-13(6-8-15)20-16(22)18-11-9-14-10-12-19-21(14)4/h5-8,10,12H,9,11H2,1-4H3,(H2,18,20,22). The van der Waals surface area contributed by atoms with Gasteiger partial charge in [0.25, 0.3) is 0 Å². The molecule has 2 aromatic rings. The average Bonchev–Trinajstić information content (AvgIpc) is 2.85. The third kappa shape index (κ3) is 5.98. The monoisotopic (exact) mass is 332 g/mol. The third-order valence-electron chi connectivity index (χ3n) is 3.13. The van der Waals surface area contributed by atoms with E-state index in [1.54, 1.807) is 18.0 Å². The van der Waals surface area contributed by atoms with Gasteiger partial charge in [-0.05, 0) is 30.3 Å². The van der Waals surface area contributed by atoms with Gasteiger partial charge in [0, 0.05) is 47.2 Å². The van der Waals surface area contributed by atoms with Gasteiger partial charge in [-0.1, -0.05) is 20.8 Å². The number of carbonyl (C=O) groups excluding carboxylic acids is 1. The van der Waals surface area contributed by atoms with E-state index >= 15 is 0 Å². The summed E-state index contributed by atoms with van der Waals surface area (Å²) in [7, 11) is 1.90. The van der Waals surface area contributed by atoms with Crippen molar-refractivity contribution in [3.05, 3.63) is 42.2 Å². The van der Waals surface area contributed by atoms with Gasteiger partial charge in [-0.2, -0.15) is 5.10 Å². The van der Waals surface area contributed by atoms with Crippen molar-refractivity contribution in [3.8, 4) is 0 Å². The quantitative estimate of drug-likeness (QED) is 0.821. The van der Waals surface area contributed by atoms with Crippen LogP contribution >= 0.6 is 11.8 Å². The molecule has 0 spiro atoms. The van der Waals surface area contributed by atoms with Crippen molar-refractivity contribution in [2.24, 2.45) is 7.05 Å². The highest BCUT2D eigenvalue weighted by molar-refractivity contribution is 8.00. The van der Waals surface area contributed by atoms with Crippen LogP contribution in [0.25, 0.3) is 0 Å². The second kappa shape index (κ2) is 7.55. The highest BCUT2D eigenvalue weighted by Crippen LogP contribution is 2.32. The number of nitrogens with one attached hydrogen (secondary N) is 2. The summed E-state index contributed by atoms with van der Waals surface area (Å²) in [6.07, 6.45) is 2.51. The first-order valence-electron chi connectivity index (χ1n) is 7.64. The van der Waals surface area contributed by atoms with Crippen LogP contribution in [0.2, 0.25) is 0 Å². The number of aryl methyl sites for hydroxylation is 1. The van der Waals surface area contributed by atoms with Gasteiger partial charge in [0.2, 0.25) is 0 Å². The van der Waals surface area contributed by atoms with Gasteiger partial charge in [-0.15, -0.1) is 11.8 Å². The van der Waals surface area contributed by atoms with Crippen LogP contribution in [0.1, 0.15) is 26.5 Å². The molecule has 124 valence electrons. The van der Waals surface area contributed by atoms with Crippen LogP contribution in [-0.2, 0) is 13.5 Å². The second-order valence-corrected chi connectivity index (χ2v) is 8.22. The fourth-order valence-corrected chi connectivity index (χ4v) is 3.07. The normalized spacial score (nSPS) is 11.3. The van der Waals surface area contributed by atoms with Gasteiger partial charge in [-0.25, -0.2) is 4.79 Å². The highest BCUT2D eigenvalue weighted by Gasteiger charge is 2.11. The molecule has 1 heterocycles. The number of anilines is 1. The number of rotatable bonds is 5. The number of thioether (sulfide) groups is 1. The first kappa shape index (κ1) is 17.4. The predicted octanol–water partition coefficient (Wildman–Crippen LogP) is 3.67. The summed E-state index contributed by atoms with van der Waals surface area (Å²) in [4.78, 5) is 13.1. The van der Waals surface area contributed by atoms with Gasteiger partial charge < -0.3 is 10.6 Å². The maximum atomic E-state index is 11.9. The Bertz CT molecular complexity index is 643. The molecule has 2 N–H and O–H groups in total. The predicted molar refractivity (Wildman–Crippen MR) is 96.0 cm³/mol. The molecule has 0 bridgehead atoms. The lowest BCUT2D eigenvalue weighted by atomic mass is 10.3. The molecule has 0 saturated heterocycles. The van der Waals surface area contributed by atoms with Crippen molar-refractivity contribution in [1.82, 2.24) is 15.1 Å². The zero-order chi connectivity index (χ0) is 16.9. The van der Waals surface area contributed by atoms with E-state index in [1.807, 2.05) is 42.1 Å². The number of hydrogen-bond acceptors (Lipinski definition) is 3. The van der Waals surface area contributed by atoms with Gasteiger partial charge in [0.1, 0.15) is 0 Å². The lowest BCUT2D eigenvalue weighted by Gasteiger charge is -2.17. The van der Waals surface area contributed by atoms with Crippen LogP contribution < -0.4 is 10.6 Å². The third-order valence-corrected chi connectivity index (χ3v) is 4.25. The molecule has 1 aromatic carbocycles. The minimum Gasteiger partial charge on any atom is -0.337 e. The van der Waals surface area contributed by atoms with Crippen molar-refractivity contribution in [3.63, 3.8) is 0 Å². The number of amides is 2. The van der Waals surface area contributed by atoms with Crippen LogP contribution in [-0.4, -0.2) is 27.1 Å². The molecule has 0 radical (unpaired) electrons.